The fourth-order valence-corrected chi connectivity index (χ4v) is 1.47. The van der Waals surface area contributed by atoms with E-state index in [1.807, 2.05) is 0 Å². The maximum absolute atomic E-state index is 9.35. The molecule has 1 saturated heterocycles. The van der Waals surface area contributed by atoms with Crippen molar-refractivity contribution in [2.24, 2.45) is 0 Å². The van der Waals surface area contributed by atoms with Gasteiger partial charge < -0.3 is 20.1 Å². The lowest BCUT2D eigenvalue weighted by atomic mass is 10.1. The highest BCUT2D eigenvalue weighted by Gasteiger charge is 2.67. The van der Waals surface area contributed by atoms with Gasteiger partial charge >= 0.3 is 0 Å². The van der Waals surface area contributed by atoms with Crippen LogP contribution in [0.1, 0.15) is 6.42 Å². The second-order valence-electron chi connectivity index (χ2n) is 2.99. The van der Waals surface area contributed by atoms with E-state index in [1.165, 1.54) is 0 Å². The fourth-order valence-electron chi connectivity index (χ4n) is 1.47. The summed E-state index contributed by atoms with van der Waals surface area (Å²) in [7, 11) is 0. The van der Waals surface area contributed by atoms with Gasteiger partial charge in [-0.05, 0) is 0 Å². The first-order chi connectivity index (χ1) is 4.68. The van der Waals surface area contributed by atoms with Crippen LogP contribution in [0.4, 0.5) is 0 Å². The van der Waals surface area contributed by atoms with Crippen LogP contribution in [0, 0.1) is 0 Å². The van der Waals surface area contributed by atoms with Crippen molar-refractivity contribution in [2.75, 3.05) is 6.61 Å². The van der Waals surface area contributed by atoms with E-state index in [-0.39, 0.29) is 12.7 Å². The molecule has 0 bridgehead atoms. The third kappa shape index (κ3) is 0.594. The summed E-state index contributed by atoms with van der Waals surface area (Å²) in [5.74, 6) is 0. The standard InChI is InChI=1S/C6H10O4/c7-2-3-5(8)6(9)1-4(6)10-3/h3-5,7-9H,1-2H2/t3-,4+,5?,6-/m1/s1. The predicted octanol–water partition coefficient (Wildman–Crippen LogP) is -1.76. The topological polar surface area (TPSA) is 69.9 Å². The number of ether oxygens (including phenoxy) is 1. The maximum Gasteiger partial charge on any atom is 0.122 e. The van der Waals surface area contributed by atoms with Gasteiger partial charge in [-0.3, -0.25) is 0 Å². The average molecular weight is 146 g/mol. The van der Waals surface area contributed by atoms with Crippen molar-refractivity contribution in [2.45, 2.75) is 30.3 Å². The van der Waals surface area contributed by atoms with Crippen LogP contribution >= 0.6 is 0 Å². The van der Waals surface area contributed by atoms with Gasteiger partial charge in [0.25, 0.3) is 0 Å². The van der Waals surface area contributed by atoms with E-state index < -0.39 is 17.8 Å². The molecule has 1 saturated carbocycles. The van der Waals surface area contributed by atoms with Crippen LogP contribution in [0.5, 0.6) is 0 Å². The number of aliphatic hydroxyl groups excluding tert-OH is 2. The fraction of sp³-hybridized carbons (Fsp3) is 1.00. The predicted molar refractivity (Wildman–Crippen MR) is 31.3 cm³/mol. The largest absolute Gasteiger partial charge is 0.394 e. The van der Waals surface area contributed by atoms with Crippen molar-refractivity contribution < 1.29 is 20.1 Å². The quantitative estimate of drug-likeness (QED) is 0.410. The molecule has 0 amide bonds. The Bertz CT molecular complexity index is 160. The van der Waals surface area contributed by atoms with Gasteiger partial charge in [0.05, 0.1) is 12.7 Å². The molecule has 58 valence electrons. The summed E-state index contributed by atoms with van der Waals surface area (Å²) >= 11 is 0. The van der Waals surface area contributed by atoms with E-state index >= 15 is 0 Å². The second-order valence-corrected chi connectivity index (χ2v) is 2.99. The van der Waals surface area contributed by atoms with Gasteiger partial charge in [0.1, 0.15) is 17.8 Å². The molecule has 4 atom stereocenters. The molecule has 2 aliphatic rings. The van der Waals surface area contributed by atoms with Crippen LogP contribution in [-0.2, 0) is 4.74 Å². The van der Waals surface area contributed by atoms with E-state index in [9.17, 15) is 10.2 Å². The Morgan fingerprint density at radius 3 is 2.60 bits per heavy atom. The number of fused-ring (bicyclic) bond motifs is 1. The molecule has 0 aromatic rings. The molecule has 1 aliphatic heterocycles. The molecule has 3 N–H and O–H groups in total. The SMILES string of the molecule is OC[C@H]1O[C@H]2C[C@]2(O)C1O. The number of hydrogen-bond acceptors (Lipinski definition) is 4. The van der Waals surface area contributed by atoms with Crippen molar-refractivity contribution in [3.8, 4) is 0 Å². The Labute approximate surface area is 58.0 Å². The molecule has 0 aromatic carbocycles. The van der Waals surface area contributed by atoms with Crippen LogP contribution in [0.25, 0.3) is 0 Å². The van der Waals surface area contributed by atoms with Gasteiger partial charge in [0.2, 0.25) is 0 Å². The van der Waals surface area contributed by atoms with Gasteiger partial charge in [-0.15, -0.1) is 0 Å². The summed E-state index contributed by atoms with van der Waals surface area (Å²) < 4.78 is 5.05. The summed E-state index contributed by atoms with van der Waals surface area (Å²) in [6, 6.07) is 0. The lowest BCUT2D eigenvalue weighted by molar-refractivity contribution is -0.0488. The molecular weight excluding hydrogens is 136 g/mol. The van der Waals surface area contributed by atoms with Gasteiger partial charge in [-0.1, -0.05) is 0 Å². The average Bonchev–Trinajstić information content (AvgIpc) is 2.51. The molecule has 10 heavy (non-hydrogen) atoms. The lowest BCUT2D eigenvalue weighted by Gasteiger charge is -2.16. The van der Waals surface area contributed by atoms with Gasteiger partial charge in [0.15, 0.2) is 0 Å². The Kier molecular flexibility index (Phi) is 1.12. The van der Waals surface area contributed by atoms with Crippen LogP contribution < -0.4 is 0 Å². The number of aliphatic hydroxyl groups is 3. The van der Waals surface area contributed by atoms with Crippen molar-refractivity contribution in [1.29, 1.82) is 0 Å². The number of hydrogen-bond donors (Lipinski definition) is 3. The van der Waals surface area contributed by atoms with Gasteiger partial charge in [0, 0.05) is 6.42 Å². The van der Waals surface area contributed by atoms with Crippen LogP contribution in [-0.4, -0.2) is 45.8 Å². The van der Waals surface area contributed by atoms with Crippen molar-refractivity contribution in [3.05, 3.63) is 0 Å². The summed E-state index contributed by atoms with van der Waals surface area (Å²) in [5.41, 5.74) is -1.03. The van der Waals surface area contributed by atoms with E-state index in [0.717, 1.165) is 0 Å². The smallest absolute Gasteiger partial charge is 0.122 e. The molecule has 0 aromatic heterocycles. The third-order valence-corrected chi connectivity index (χ3v) is 2.29. The monoisotopic (exact) mass is 146 g/mol. The second kappa shape index (κ2) is 1.71. The van der Waals surface area contributed by atoms with Gasteiger partial charge in [-0.25, -0.2) is 0 Å². The first-order valence-electron chi connectivity index (χ1n) is 3.35. The molecule has 1 unspecified atom stereocenters. The lowest BCUT2D eigenvalue weighted by Crippen LogP contribution is -2.36. The van der Waals surface area contributed by atoms with Crippen molar-refractivity contribution >= 4 is 0 Å². The maximum atomic E-state index is 9.35. The van der Waals surface area contributed by atoms with Crippen LogP contribution in [0.2, 0.25) is 0 Å². The molecule has 1 heterocycles. The molecule has 2 fully saturated rings. The van der Waals surface area contributed by atoms with E-state index in [4.69, 9.17) is 9.84 Å². The zero-order valence-electron chi connectivity index (χ0n) is 5.40. The van der Waals surface area contributed by atoms with E-state index in [2.05, 4.69) is 0 Å². The molecule has 0 spiro atoms. The summed E-state index contributed by atoms with van der Waals surface area (Å²) in [5, 5.41) is 27.2. The van der Waals surface area contributed by atoms with Crippen molar-refractivity contribution in [3.63, 3.8) is 0 Å². The Balaban J connectivity index is 2.09. The highest BCUT2D eigenvalue weighted by Crippen LogP contribution is 2.49. The molecule has 1 aliphatic carbocycles. The molecule has 2 rings (SSSR count). The van der Waals surface area contributed by atoms with Crippen LogP contribution in [0.15, 0.2) is 0 Å². The number of rotatable bonds is 1. The molecular formula is C6H10O4. The van der Waals surface area contributed by atoms with E-state index in [0.29, 0.717) is 6.42 Å². The molecule has 4 nitrogen and oxygen atoms in total. The highest BCUT2D eigenvalue weighted by atomic mass is 16.6. The molecule has 0 radical (unpaired) electrons. The van der Waals surface area contributed by atoms with Crippen LogP contribution in [0.3, 0.4) is 0 Å². The van der Waals surface area contributed by atoms with Crippen molar-refractivity contribution in [1.82, 2.24) is 0 Å². The minimum absolute atomic E-state index is 0.222. The summed E-state index contributed by atoms with van der Waals surface area (Å²) in [6.07, 6.45) is -1.21. The highest BCUT2D eigenvalue weighted by molar-refractivity contribution is 5.17. The summed E-state index contributed by atoms with van der Waals surface area (Å²) in [6.45, 7) is -0.222. The Morgan fingerprint density at radius 1 is 1.60 bits per heavy atom. The Morgan fingerprint density at radius 2 is 2.30 bits per heavy atom. The van der Waals surface area contributed by atoms with E-state index in [1.54, 1.807) is 0 Å². The van der Waals surface area contributed by atoms with Gasteiger partial charge in [-0.2, -0.15) is 0 Å². The Hall–Kier alpha value is -0.160. The normalized spacial score (nSPS) is 58.5. The third-order valence-electron chi connectivity index (χ3n) is 2.29. The summed E-state index contributed by atoms with van der Waals surface area (Å²) in [4.78, 5) is 0. The minimum Gasteiger partial charge on any atom is -0.394 e. The first kappa shape index (κ1) is 6.54. The molecule has 4 heteroatoms. The first-order valence-corrected chi connectivity index (χ1v) is 3.35. The zero-order chi connectivity index (χ0) is 7.35. The zero-order valence-corrected chi connectivity index (χ0v) is 5.40. The minimum atomic E-state index is -1.03.